The normalized spacial score (nSPS) is 14.3. The molecule has 0 rings (SSSR count). The average Bonchev–Trinajstić information content (AvgIpc) is 2.25. The molecule has 0 aromatic rings. The number of rotatable bonds is 7. The van der Waals surface area contributed by atoms with E-state index in [2.05, 4.69) is 17.4 Å². The number of esters is 2. The minimum atomic E-state index is -2.85. The zero-order valence-corrected chi connectivity index (χ0v) is 13.5. The molecule has 0 bridgehead atoms. The first-order valence-electron chi connectivity index (χ1n) is 4.91. The monoisotopic (exact) mass is 319 g/mol. The van der Waals surface area contributed by atoms with Gasteiger partial charge in [-0.1, -0.05) is 0 Å². The molecule has 0 heterocycles. The van der Waals surface area contributed by atoms with Crippen molar-refractivity contribution in [3.05, 3.63) is 0 Å². The van der Waals surface area contributed by atoms with E-state index in [1.54, 1.807) is 0 Å². The topological polar surface area (TPSA) is 164 Å². The van der Waals surface area contributed by atoms with Crippen molar-refractivity contribution < 1.29 is 70.2 Å². The second-order valence-corrected chi connectivity index (χ2v) is 4.03. The molecule has 5 N–H and O–H groups in total. The van der Waals surface area contributed by atoms with Gasteiger partial charge in [-0.15, -0.1) is 0 Å². The number of hydrogen-bond donors (Lipinski definition) is 5. The molecule has 0 spiro atoms. The van der Waals surface area contributed by atoms with E-state index in [1.165, 1.54) is 0 Å². The number of carbonyl (C=O) groups is 4. The number of aliphatic hydroxyl groups is 1. The Kier molecular flexibility index (Phi) is 10.1. The maximum absolute atomic E-state index is 11.2. The van der Waals surface area contributed by atoms with Crippen molar-refractivity contribution in [2.45, 2.75) is 24.5 Å². The molecule has 1 unspecified atom stereocenters. The molecule has 0 fully saturated rings. The van der Waals surface area contributed by atoms with E-state index >= 15 is 0 Å². The maximum atomic E-state index is 11.2. The van der Waals surface area contributed by atoms with Crippen LogP contribution in [0.4, 0.5) is 0 Å². The molecule has 0 saturated carbocycles. The molecule has 0 aliphatic rings. The van der Waals surface area contributed by atoms with Crippen LogP contribution in [0.15, 0.2) is 0 Å². The van der Waals surface area contributed by atoms with Gasteiger partial charge in [0.1, 0.15) is 6.04 Å². The van der Waals surface area contributed by atoms with Gasteiger partial charge in [0, 0.05) is 5.75 Å². The van der Waals surface area contributed by atoms with Gasteiger partial charge in [-0.05, 0) is 0 Å². The Morgan fingerprint density at radius 1 is 1.25 bits per heavy atom. The van der Waals surface area contributed by atoms with Crippen molar-refractivity contribution in [3.63, 3.8) is 0 Å². The molecule has 0 radical (unpaired) electrons. The van der Waals surface area contributed by atoms with Crippen LogP contribution in [-0.4, -0.2) is 56.6 Å². The molecule has 2 atom stereocenters. The molecular weight excluding hydrogens is 305 g/mol. The van der Waals surface area contributed by atoms with E-state index in [0.717, 1.165) is 0 Å². The van der Waals surface area contributed by atoms with Crippen LogP contribution in [-0.2, 0) is 23.9 Å². The summed E-state index contributed by atoms with van der Waals surface area (Å²) in [6, 6.07) is -1.19. The number of hydrogen-bond acceptors (Lipinski definition) is 8. The van der Waals surface area contributed by atoms with E-state index in [9.17, 15) is 24.3 Å². The minimum absolute atomic E-state index is 0. The Morgan fingerprint density at radius 2 is 1.75 bits per heavy atom. The first-order chi connectivity index (χ1) is 8.62. The first-order valence-corrected chi connectivity index (χ1v) is 5.54. The van der Waals surface area contributed by atoms with Gasteiger partial charge in [-0.25, -0.2) is 9.59 Å². The van der Waals surface area contributed by atoms with Crippen LogP contribution >= 0.6 is 12.6 Å². The van der Waals surface area contributed by atoms with E-state index in [-0.39, 0.29) is 36.7 Å². The third-order valence-electron chi connectivity index (χ3n) is 1.99. The second kappa shape index (κ2) is 9.32. The largest absolute Gasteiger partial charge is 1.00 e. The van der Waals surface area contributed by atoms with E-state index in [4.69, 9.17) is 15.9 Å². The molecule has 20 heavy (non-hydrogen) atoms. The van der Waals surface area contributed by atoms with E-state index in [0.29, 0.717) is 0 Å². The summed E-state index contributed by atoms with van der Waals surface area (Å²) in [6.45, 7) is 0. The molecule has 0 aromatic heterocycles. The average molecular weight is 319 g/mol. The first kappa shape index (κ1) is 21.6. The van der Waals surface area contributed by atoms with Crippen LogP contribution in [0.1, 0.15) is 14.3 Å². The fraction of sp³-hybridized carbons (Fsp3) is 0.556. The van der Waals surface area contributed by atoms with Crippen LogP contribution in [0.2, 0.25) is 0 Å². The molecule has 0 aromatic carbocycles. The molecule has 0 aliphatic carbocycles. The smallest absolute Gasteiger partial charge is 1.00 e. The third-order valence-corrected chi connectivity index (χ3v) is 2.39. The van der Waals surface area contributed by atoms with Gasteiger partial charge in [-0.3, -0.25) is 9.59 Å². The Bertz CT molecular complexity index is 409. The molecule has 0 aliphatic heterocycles. The van der Waals surface area contributed by atoms with Gasteiger partial charge in [0.2, 0.25) is 0 Å². The van der Waals surface area contributed by atoms with Crippen LogP contribution in [0, 0.1) is 0 Å². The molecule has 11 heteroatoms. The van der Waals surface area contributed by atoms with Gasteiger partial charge < -0.3 is 27.2 Å². The fourth-order valence-corrected chi connectivity index (χ4v) is 1.15. The Hall–Kier alpha value is -0.650. The zero-order chi connectivity index (χ0) is 15.2. The maximum Gasteiger partial charge on any atom is 1.00 e. The quantitative estimate of drug-likeness (QED) is 0.134. The summed E-state index contributed by atoms with van der Waals surface area (Å²) in [4.78, 5) is 43.5. The SMILES string of the molecule is N[C@@H](CS)C(=O)OC(=O)CC(O)(CC(=O)O)C(=O)O.[H-].[Na+]. The van der Waals surface area contributed by atoms with Crippen LogP contribution in [0.5, 0.6) is 0 Å². The molecule has 9 nitrogen and oxygen atoms in total. The predicted molar refractivity (Wildman–Crippen MR) is 63.5 cm³/mol. The number of ether oxygens (including phenoxy) is 1. The number of aliphatic carboxylic acids is 2. The van der Waals surface area contributed by atoms with Crippen molar-refractivity contribution in [2.24, 2.45) is 5.73 Å². The van der Waals surface area contributed by atoms with Gasteiger partial charge in [0.15, 0.2) is 5.60 Å². The van der Waals surface area contributed by atoms with Crippen LogP contribution in [0.25, 0.3) is 0 Å². The van der Waals surface area contributed by atoms with Crippen molar-refractivity contribution >= 4 is 36.5 Å². The number of nitrogens with two attached hydrogens (primary N) is 1. The minimum Gasteiger partial charge on any atom is -1.00 e. The van der Waals surface area contributed by atoms with E-state index < -0.39 is 48.4 Å². The van der Waals surface area contributed by atoms with Crippen molar-refractivity contribution in [1.82, 2.24) is 0 Å². The standard InChI is InChI=1S/C9H13NO8S.Na.H/c10-4(3-19)7(14)18-6(13)2-9(17,8(15)16)1-5(11)12;;/h4,17,19H,1-3,10H2,(H,11,12)(H,15,16);;/q;+1;-1/t4-,9?;;/m0../s1. The van der Waals surface area contributed by atoms with Gasteiger partial charge >= 0.3 is 53.4 Å². The van der Waals surface area contributed by atoms with Crippen LogP contribution < -0.4 is 35.3 Å². The van der Waals surface area contributed by atoms with Crippen molar-refractivity contribution in [3.8, 4) is 0 Å². The molecule has 0 amide bonds. The number of carboxylic acid groups (broad SMARTS) is 2. The van der Waals surface area contributed by atoms with Crippen LogP contribution in [0.3, 0.4) is 0 Å². The number of thiol groups is 1. The summed E-state index contributed by atoms with van der Waals surface area (Å²) < 4.78 is 4.16. The molecule has 0 saturated heterocycles. The summed E-state index contributed by atoms with van der Waals surface area (Å²) >= 11 is 3.68. The summed E-state index contributed by atoms with van der Waals surface area (Å²) in [7, 11) is 0. The van der Waals surface area contributed by atoms with E-state index in [1.807, 2.05) is 0 Å². The fourth-order valence-electron chi connectivity index (χ4n) is 1.00. The van der Waals surface area contributed by atoms with Gasteiger partial charge in [0.05, 0.1) is 12.8 Å². The molecular formula is C9H14NNaO8S. The predicted octanol–water partition coefficient (Wildman–Crippen LogP) is -4.89. The Morgan fingerprint density at radius 3 is 2.10 bits per heavy atom. The molecule has 110 valence electrons. The van der Waals surface area contributed by atoms with Crippen molar-refractivity contribution in [2.75, 3.05) is 5.75 Å². The summed E-state index contributed by atoms with van der Waals surface area (Å²) in [5, 5.41) is 26.6. The Balaban J connectivity index is -0.00000162. The summed E-state index contributed by atoms with van der Waals surface area (Å²) in [5.74, 6) is -6.20. The van der Waals surface area contributed by atoms with Gasteiger partial charge in [0.25, 0.3) is 0 Å². The third kappa shape index (κ3) is 7.22. The number of carboxylic acids is 2. The second-order valence-electron chi connectivity index (χ2n) is 3.67. The Labute approximate surface area is 142 Å². The summed E-state index contributed by atoms with van der Waals surface area (Å²) in [5.41, 5.74) is 2.34. The number of carbonyl (C=O) groups excluding carboxylic acids is 2. The van der Waals surface area contributed by atoms with Gasteiger partial charge in [-0.2, -0.15) is 12.6 Å². The zero-order valence-electron chi connectivity index (χ0n) is 11.6. The summed E-state index contributed by atoms with van der Waals surface area (Å²) in [6.07, 6.45) is -2.41. The van der Waals surface area contributed by atoms with Crippen molar-refractivity contribution in [1.29, 1.82) is 0 Å².